The highest BCUT2D eigenvalue weighted by Gasteiger charge is 2.18. The van der Waals surface area contributed by atoms with Crippen molar-refractivity contribution in [1.29, 1.82) is 0 Å². The summed E-state index contributed by atoms with van der Waals surface area (Å²) in [7, 11) is 0. The standard InChI is InChI=1S/C13H17F2NS/c14-13(15)9-17-12-7-2-1-5-10(12)11-6-3-4-8-16-11/h1-2,5,7,11,13,16H,3-4,6,8-9H2. The van der Waals surface area contributed by atoms with E-state index in [4.69, 9.17) is 0 Å². The van der Waals surface area contributed by atoms with Gasteiger partial charge < -0.3 is 5.32 Å². The number of benzene rings is 1. The molecule has 0 bridgehead atoms. The molecule has 0 aliphatic carbocycles. The lowest BCUT2D eigenvalue weighted by Gasteiger charge is -2.25. The highest BCUT2D eigenvalue weighted by Crippen LogP contribution is 2.32. The van der Waals surface area contributed by atoms with Gasteiger partial charge in [-0.25, -0.2) is 8.78 Å². The number of hydrogen-bond acceptors (Lipinski definition) is 2. The van der Waals surface area contributed by atoms with Crippen LogP contribution in [0.3, 0.4) is 0 Å². The Labute approximate surface area is 105 Å². The van der Waals surface area contributed by atoms with E-state index in [2.05, 4.69) is 11.4 Å². The van der Waals surface area contributed by atoms with Gasteiger partial charge in [-0.05, 0) is 31.0 Å². The van der Waals surface area contributed by atoms with Crippen LogP contribution in [0.4, 0.5) is 8.78 Å². The van der Waals surface area contributed by atoms with Crippen LogP contribution in [-0.4, -0.2) is 18.7 Å². The molecule has 1 aliphatic heterocycles. The molecule has 0 spiro atoms. The van der Waals surface area contributed by atoms with Crippen LogP contribution in [0.2, 0.25) is 0 Å². The van der Waals surface area contributed by atoms with E-state index in [-0.39, 0.29) is 5.75 Å². The van der Waals surface area contributed by atoms with Gasteiger partial charge in [0.2, 0.25) is 6.43 Å². The third-order valence-corrected chi connectivity index (χ3v) is 4.07. The van der Waals surface area contributed by atoms with Gasteiger partial charge in [-0.1, -0.05) is 24.6 Å². The summed E-state index contributed by atoms with van der Waals surface area (Å²) in [5, 5.41) is 3.46. The van der Waals surface area contributed by atoms with Crippen LogP contribution in [0.1, 0.15) is 30.9 Å². The van der Waals surface area contributed by atoms with E-state index in [9.17, 15) is 8.78 Å². The smallest absolute Gasteiger partial charge is 0.247 e. The molecular formula is C13H17F2NS. The molecule has 1 fully saturated rings. The van der Waals surface area contributed by atoms with E-state index in [1.54, 1.807) is 0 Å². The van der Waals surface area contributed by atoms with Gasteiger partial charge in [0, 0.05) is 10.9 Å². The molecular weight excluding hydrogens is 240 g/mol. The number of rotatable bonds is 4. The fraction of sp³-hybridized carbons (Fsp3) is 0.538. The summed E-state index contributed by atoms with van der Waals surface area (Å²) in [6.07, 6.45) is 1.29. The Morgan fingerprint density at radius 2 is 2.12 bits per heavy atom. The Bertz CT molecular complexity index is 351. The van der Waals surface area contributed by atoms with Crippen LogP contribution >= 0.6 is 11.8 Å². The first-order valence-corrected chi connectivity index (χ1v) is 6.99. The molecule has 17 heavy (non-hydrogen) atoms. The van der Waals surface area contributed by atoms with E-state index in [1.165, 1.54) is 30.2 Å². The lowest BCUT2D eigenvalue weighted by molar-refractivity contribution is 0.177. The Hall–Kier alpha value is -0.610. The molecule has 1 aliphatic rings. The van der Waals surface area contributed by atoms with Crippen molar-refractivity contribution in [2.24, 2.45) is 0 Å². The average Bonchev–Trinajstić information content (AvgIpc) is 2.38. The SMILES string of the molecule is FC(F)CSc1ccccc1C1CCCCN1. The molecule has 0 amide bonds. The van der Waals surface area contributed by atoms with Gasteiger partial charge in [0.15, 0.2) is 0 Å². The van der Waals surface area contributed by atoms with Crippen LogP contribution in [0, 0.1) is 0 Å². The van der Waals surface area contributed by atoms with Crippen molar-refractivity contribution in [2.75, 3.05) is 12.3 Å². The van der Waals surface area contributed by atoms with Gasteiger partial charge >= 0.3 is 0 Å². The summed E-state index contributed by atoms with van der Waals surface area (Å²) in [5.41, 5.74) is 1.18. The molecule has 1 N–H and O–H groups in total. The summed E-state index contributed by atoms with van der Waals surface area (Å²) < 4.78 is 24.5. The van der Waals surface area contributed by atoms with Crippen LogP contribution in [0.25, 0.3) is 0 Å². The number of thioether (sulfide) groups is 1. The van der Waals surface area contributed by atoms with Crippen LogP contribution in [0.15, 0.2) is 29.2 Å². The second-order valence-electron chi connectivity index (χ2n) is 4.24. The summed E-state index contributed by atoms with van der Waals surface area (Å²) in [6, 6.07) is 8.23. The molecule has 1 aromatic rings. The zero-order valence-electron chi connectivity index (χ0n) is 9.66. The maximum Gasteiger partial charge on any atom is 0.247 e. The molecule has 1 nitrogen and oxygen atoms in total. The van der Waals surface area contributed by atoms with E-state index in [0.717, 1.165) is 17.9 Å². The van der Waals surface area contributed by atoms with Crippen molar-refractivity contribution in [2.45, 2.75) is 36.6 Å². The average molecular weight is 257 g/mol. The molecule has 0 aromatic heterocycles. The first-order chi connectivity index (χ1) is 8.27. The first-order valence-electron chi connectivity index (χ1n) is 6.00. The van der Waals surface area contributed by atoms with E-state index >= 15 is 0 Å². The van der Waals surface area contributed by atoms with Gasteiger partial charge in [-0.15, -0.1) is 11.8 Å². The van der Waals surface area contributed by atoms with E-state index in [1.807, 2.05) is 18.2 Å². The molecule has 1 saturated heterocycles. The summed E-state index contributed by atoms with van der Waals surface area (Å²) >= 11 is 1.26. The molecule has 0 radical (unpaired) electrons. The Kier molecular flexibility index (Phi) is 4.80. The molecule has 94 valence electrons. The molecule has 4 heteroatoms. The van der Waals surface area contributed by atoms with Gasteiger partial charge in [0.25, 0.3) is 0 Å². The summed E-state index contributed by atoms with van der Waals surface area (Å²) in [6.45, 7) is 1.03. The number of halogens is 2. The Balaban J connectivity index is 2.09. The predicted molar refractivity (Wildman–Crippen MR) is 67.8 cm³/mol. The number of nitrogens with one attached hydrogen (secondary N) is 1. The molecule has 2 rings (SSSR count). The lowest BCUT2D eigenvalue weighted by atomic mass is 9.98. The Morgan fingerprint density at radius 1 is 1.29 bits per heavy atom. The van der Waals surface area contributed by atoms with Gasteiger partial charge in [-0.2, -0.15) is 0 Å². The van der Waals surface area contributed by atoms with Gasteiger partial charge in [0.1, 0.15) is 0 Å². The van der Waals surface area contributed by atoms with E-state index < -0.39 is 6.43 Å². The van der Waals surface area contributed by atoms with Crippen LogP contribution in [-0.2, 0) is 0 Å². The third-order valence-electron chi connectivity index (χ3n) is 2.97. The monoisotopic (exact) mass is 257 g/mol. The minimum atomic E-state index is -2.24. The van der Waals surface area contributed by atoms with Crippen molar-refractivity contribution in [3.8, 4) is 0 Å². The minimum absolute atomic E-state index is 0.121. The quantitative estimate of drug-likeness (QED) is 0.822. The topological polar surface area (TPSA) is 12.0 Å². The number of alkyl halides is 2. The maximum absolute atomic E-state index is 12.3. The summed E-state index contributed by atoms with van der Waals surface area (Å²) in [5.74, 6) is -0.121. The highest BCUT2D eigenvalue weighted by atomic mass is 32.2. The summed E-state index contributed by atoms with van der Waals surface area (Å²) in [4.78, 5) is 0.993. The fourth-order valence-corrected chi connectivity index (χ4v) is 3.03. The lowest BCUT2D eigenvalue weighted by Crippen LogP contribution is -2.27. The van der Waals surface area contributed by atoms with E-state index in [0.29, 0.717) is 6.04 Å². The number of piperidine rings is 1. The van der Waals surface area contributed by atoms with Crippen LogP contribution < -0.4 is 5.32 Å². The highest BCUT2D eigenvalue weighted by molar-refractivity contribution is 7.99. The third kappa shape index (κ3) is 3.68. The van der Waals surface area contributed by atoms with Gasteiger partial charge in [-0.3, -0.25) is 0 Å². The zero-order chi connectivity index (χ0) is 12.1. The van der Waals surface area contributed by atoms with Gasteiger partial charge in [0.05, 0.1) is 5.75 Å². The van der Waals surface area contributed by atoms with Crippen molar-refractivity contribution in [3.05, 3.63) is 29.8 Å². The van der Waals surface area contributed by atoms with Crippen molar-refractivity contribution in [1.82, 2.24) is 5.32 Å². The Morgan fingerprint density at radius 3 is 2.82 bits per heavy atom. The fourth-order valence-electron chi connectivity index (χ4n) is 2.17. The van der Waals surface area contributed by atoms with Crippen molar-refractivity contribution < 1.29 is 8.78 Å². The first kappa shape index (κ1) is 12.8. The zero-order valence-corrected chi connectivity index (χ0v) is 10.5. The number of hydrogen-bond donors (Lipinski definition) is 1. The maximum atomic E-state index is 12.3. The van der Waals surface area contributed by atoms with Crippen molar-refractivity contribution >= 4 is 11.8 Å². The second-order valence-corrected chi connectivity index (χ2v) is 5.30. The largest absolute Gasteiger partial charge is 0.310 e. The van der Waals surface area contributed by atoms with Crippen LogP contribution in [0.5, 0.6) is 0 Å². The predicted octanol–water partition coefficient (Wildman–Crippen LogP) is 3.86. The van der Waals surface area contributed by atoms with Crippen molar-refractivity contribution in [3.63, 3.8) is 0 Å². The minimum Gasteiger partial charge on any atom is -0.310 e. The molecule has 1 unspecified atom stereocenters. The molecule has 1 atom stereocenters. The molecule has 0 saturated carbocycles. The molecule has 1 heterocycles. The molecule has 1 aromatic carbocycles. The normalized spacial score (nSPS) is 20.8. The second kappa shape index (κ2) is 6.36.